The Morgan fingerprint density at radius 3 is 2.00 bits per heavy atom. The molecule has 82 valence electrons. The molecule has 0 N–H and O–H groups in total. The van der Waals surface area contributed by atoms with Crippen LogP contribution in [0.25, 0.3) is 0 Å². The molecule has 2 rings (SSSR count). The molecule has 1 aromatic heterocycles. The molecule has 0 aliphatic rings. The van der Waals surface area contributed by atoms with E-state index in [0.717, 1.165) is 5.69 Å². The molecule has 2 aromatic rings. The average molecular weight is 234 g/mol. The van der Waals surface area contributed by atoms with E-state index in [9.17, 15) is 4.79 Å². The van der Waals surface area contributed by atoms with Crippen LogP contribution in [-0.2, 0) is 0 Å². The van der Waals surface area contributed by atoms with Gasteiger partial charge in [-0.15, -0.1) is 0 Å². The van der Waals surface area contributed by atoms with Crippen molar-refractivity contribution in [1.82, 2.24) is 4.98 Å². The monoisotopic (exact) mass is 233 g/mol. The van der Waals surface area contributed by atoms with E-state index in [1.807, 2.05) is 31.2 Å². The van der Waals surface area contributed by atoms with Crippen LogP contribution in [0.5, 0.6) is 0 Å². The van der Waals surface area contributed by atoms with Gasteiger partial charge in [0.05, 0.1) is 0 Å². The quantitative estimate of drug-likeness (QED) is 0.706. The maximum atomic E-state index is 10.4. The van der Waals surface area contributed by atoms with E-state index in [-0.39, 0.29) is 0 Å². The molecule has 1 aromatic carbocycles. The van der Waals surface area contributed by atoms with Crippen LogP contribution < -0.4 is 0 Å². The fraction of sp³-hybridized carbons (Fsp3) is 0.0769. The molecule has 0 bridgehead atoms. The number of halogens is 1. The van der Waals surface area contributed by atoms with E-state index >= 15 is 0 Å². The van der Waals surface area contributed by atoms with Crippen molar-refractivity contribution in [2.75, 3.05) is 0 Å². The summed E-state index contributed by atoms with van der Waals surface area (Å²) in [7, 11) is 0. The number of carbonyl (C=O) groups is 1. The first kappa shape index (κ1) is 12.4. The van der Waals surface area contributed by atoms with E-state index < -0.39 is 5.24 Å². The van der Waals surface area contributed by atoms with Crippen molar-refractivity contribution >= 4 is 16.8 Å². The Labute approximate surface area is 99.9 Å². The summed E-state index contributed by atoms with van der Waals surface area (Å²) < 4.78 is 0. The van der Waals surface area contributed by atoms with Gasteiger partial charge in [0.2, 0.25) is 0 Å². The molecule has 0 radical (unpaired) electrons. The van der Waals surface area contributed by atoms with Gasteiger partial charge < -0.3 is 0 Å². The standard InChI is InChI=1S/C7H5ClO.C6H7N/c8-7(9)6-4-2-1-3-5-6;1-6-4-2-3-5-7-6/h1-5H;2-5H,1H3. The van der Waals surface area contributed by atoms with E-state index in [2.05, 4.69) is 4.98 Å². The number of hydrogen-bond donors (Lipinski definition) is 0. The topological polar surface area (TPSA) is 30.0 Å². The summed E-state index contributed by atoms with van der Waals surface area (Å²) in [6.45, 7) is 1.97. The molecule has 2 nitrogen and oxygen atoms in total. The van der Waals surface area contributed by atoms with Gasteiger partial charge in [0, 0.05) is 17.5 Å². The summed E-state index contributed by atoms with van der Waals surface area (Å²) >= 11 is 5.16. The minimum atomic E-state index is -0.407. The molecule has 0 fully saturated rings. The zero-order valence-corrected chi connectivity index (χ0v) is 9.69. The number of benzene rings is 1. The molecule has 0 spiro atoms. The van der Waals surface area contributed by atoms with Gasteiger partial charge >= 0.3 is 0 Å². The maximum absolute atomic E-state index is 10.4. The van der Waals surface area contributed by atoms with Crippen LogP contribution in [0.15, 0.2) is 54.7 Å². The average Bonchev–Trinajstić information content (AvgIpc) is 2.32. The van der Waals surface area contributed by atoms with Crippen molar-refractivity contribution in [3.05, 3.63) is 66.0 Å². The maximum Gasteiger partial charge on any atom is 0.252 e. The van der Waals surface area contributed by atoms with Gasteiger partial charge in [0.1, 0.15) is 0 Å². The van der Waals surface area contributed by atoms with Gasteiger partial charge in [0.15, 0.2) is 0 Å². The SMILES string of the molecule is Cc1ccccn1.O=C(Cl)c1ccccc1. The fourth-order valence-corrected chi connectivity index (χ4v) is 1.14. The van der Waals surface area contributed by atoms with Crippen LogP contribution in [0.4, 0.5) is 0 Å². The second kappa shape index (κ2) is 6.75. The first-order chi connectivity index (χ1) is 7.70. The number of carbonyl (C=O) groups excluding carboxylic acids is 1. The Morgan fingerprint density at radius 2 is 1.69 bits per heavy atom. The summed E-state index contributed by atoms with van der Waals surface area (Å²) in [4.78, 5) is 14.4. The third kappa shape index (κ3) is 4.71. The van der Waals surface area contributed by atoms with Crippen molar-refractivity contribution in [2.24, 2.45) is 0 Å². The molecule has 0 amide bonds. The molecule has 0 aliphatic heterocycles. The fourth-order valence-electron chi connectivity index (χ4n) is 1.02. The highest BCUT2D eigenvalue weighted by Gasteiger charge is 1.95. The van der Waals surface area contributed by atoms with E-state index in [0.29, 0.717) is 5.56 Å². The Kier molecular flexibility index (Phi) is 5.23. The molecule has 3 heteroatoms. The van der Waals surface area contributed by atoms with Gasteiger partial charge in [-0.1, -0.05) is 36.4 Å². The number of nitrogens with zero attached hydrogens (tertiary/aromatic N) is 1. The molecule has 0 aliphatic carbocycles. The predicted molar refractivity (Wildman–Crippen MR) is 65.6 cm³/mol. The lowest BCUT2D eigenvalue weighted by molar-refractivity contribution is 0.108. The third-order valence-corrected chi connectivity index (χ3v) is 2.03. The summed E-state index contributed by atoms with van der Waals surface area (Å²) in [6.07, 6.45) is 1.79. The van der Waals surface area contributed by atoms with E-state index in [1.54, 1.807) is 30.5 Å². The smallest absolute Gasteiger partial charge is 0.252 e. The number of hydrogen-bond acceptors (Lipinski definition) is 2. The van der Waals surface area contributed by atoms with Crippen molar-refractivity contribution in [3.8, 4) is 0 Å². The number of aromatic nitrogens is 1. The first-order valence-electron chi connectivity index (χ1n) is 4.82. The lowest BCUT2D eigenvalue weighted by atomic mass is 10.2. The van der Waals surface area contributed by atoms with Crippen molar-refractivity contribution < 1.29 is 4.79 Å². The van der Waals surface area contributed by atoms with Crippen molar-refractivity contribution in [2.45, 2.75) is 6.92 Å². The summed E-state index contributed by atoms with van der Waals surface area (Å²) in [5, 5.41) is -0.407. The van der Waals surface area contributed by atoms with Gasteiger partial charge in [-0.2, -0.15) is 0 Å². The van der Waals surface area contributed by atoms with E-state index in [4.69, 9.17) is 11.6 Å². The van der Waals surface area contributed by atoms with Gasteiger partial charge in [-0.25, -0.2) is 0 Å². The van der Waals surface area contributed by atoms with Crippen LogP contribution in [0, 0.1) is 6.92 Å². The molecule has 0 saturated heterocycles. The van der Waals surface area contributed by atoms with Crippen molar-refractivity contribution in [1.29, 1.82) is 0 Å². The van der Waals surface area contributed by atoms with E-state index in [1.165, 1.54) is 0 Å². The largest absolute Gasteiger partial charge is 0.276 e. The minimum absolute atomic E-state index is 0.407. The van der Waals surface area contributed by atoms with Crippen LogP contribution in [0.1, 0.15) is 16.1 Å². The van der Waals surface area contributed by atoms with Crippen molar-refractivity contribution in [3.63, 3.8) is 0 Å². The Hall–Kier alpha value is -1.67. The number of pyridine rings is 1. The molecule has 16 heavy (non-hydrogen) atoms. The molecule has 0 atom stereocenters. The lowest BCUT2D eigenvalue weighted by Crippen LogP contribution is -1.84. The molecule has 0 unspecified atom stereocenters. The molecule has 1 heterocycles. The predicted octanol–water partition coefficient (Wildman–Crippen LogP) is 3.46. The van der Waals surface area contributed by atoms with Crippen LogP contribution >= 0.6 is 11.6 Å². The molecular formula is C13H12ClNO. The molecule has 0 saturated carbocycles. The lowest BCUT2D eigenvalue weighted by Gasteiger charge is -1.87. The van der Waals surface area contributed by atoms with Gasteiger partial charge in [-0.05, 0) is 30.7 Å². The second-order valence-corrected chi connectivity index (χ2v) is 3.45. The second-order valence-electron chi connectivity index (χ2n) is 3.11. The normalized spacial score (nSPS) is 8.88. The van der Waals surface area contributed by atoms with Crippen LogP contribution in [0.2, 0.25) is 0 Å². The zero-order valence-electron chi connectivity index (χ0n) is 8.93. The van der Waals surface area contributed by atoms with Gasteiger partial charge in [-0.3, -0.25) is 9.78 Å². The summed E-state index contributed by atoms with van der Waals surface area (Å²) in [5.41, 5.74) is 1.61. The highest BCUT2D eigenvalue weighted by molar-refractivity contribution is 6.67. The summed E-state index contributed by atoms with van der Waals surface area (Å²) in [5.74, 6) is 0. The number of rotatable bonds is 1. The highest BCUT2D eigenvalue weighted by atomic mass is 35.5. The van der Waals surface area contributed by atoms with Crippen LogP contribution in [0.3, 0.4) is 0 Å². The van der Waals surface area contributed by atoms with Gasteiger partial charge in [0.25, 0.3) is 5.24 Å². The first-order valence-corrected chi connectivity index (χ1v) is 5.20. The molecular weight excluding hydrogens is 222 g/mol. The zero-order chi connectivity index (χ0) is 11.8. The Morgan fingerprint density at radius 1 is 1.06 bits per heavy atom. The summed E-state index contributed by atoms with van der Waals surface area (Å²) in [6, 6.07) is 14.6. The Bertz CT molecular complexity index is 428. The van der Waals surface area contributed by atoms with Crippen LogP contribution in [-0.4, -0.2) is 10.2 Å². The number of aryl methyl sites for hydroxylation is 1. The third-order valence-electron chi connectivity index (χ3n) is 1.81. The Balaban J connectivity index is 0.000000165. The highest BCUT2D eigenvalue weighted by Crippen LogP contribution is 2.01. The minimum Gasteiger partial charge on any atom is -0.276 e.